The molecule has 0 aliphatic heterocycles. The van der Waals surface area contributed by atoms with Crippen LogP contribution in [0.15, 0.2) is 47.8 Å². The van der Waals surface area contributed by atoms with Crippen molar-refractivity contribution in [3.63, 3.8) is 0 Å². The van der Waals surface area contributed by atoms with Crippen LogP contribution in [0.5, 0.6) is 0 Å². The predicted octanol–water partition coefficient (Wildman–Crippen LogP) is 3.47. The van der Waals surface area contributed by atoms with Gasteiger partial charge in [0.1, 0.15) is 12.1 Å². The molecule has 26 heavy (non-hydrogen) atoms. The summed E-state index contributed by atoms with van der Waals surface area (Å²) in [7, 11) is 0. The van der Waals surface area contributed by atoms with Gasteiger partial charge in [-0.2, -0.15) is 0 Å². The van der Waals surface area contributed by atoms with Gasteiger partial charge in [-0.25, -0.2) is 18.4 Å². The summed E-state index contributed by atoms with van der Waals surface area (Å²) >= 11 is 1.19. The molecule has 2 heterocycles. The van der Waals surface area contributed by atoms with Gasteiger partial charge in [0.2, 0.25) is 5.91 Å². The van der Waals surface area contributed by atoms with Gasteiger partial charge in [-0.3, -0.25) is 4.79 Å². The van der Waals surface area contributed by atoms with Crippen LogP contribution in [0.4, 0.5) is 13.9 Å². The lowest BCUT2D eigenvalue weighted by atomic mass is 10.2. The number of hydrogen-bond acceptors (Lipinski definition) is 5. The molecule has 4 rings (SSSR count). The Morgan fingerprint density at radius 1 is 1.15 bits per heavy atom. The van der Waals surface area contributed by atoms with Crippen molar-refractivity contribution < 1.29 is 13.6 Å². The highest BCUT2D eigenvalue weighted by Gasteiger charge is 2.12. The van der Waals surface area contributed by atoms with E-state index in [1.807, 2.05) is 24.3 Å². The summed E-state index contributed by atoms with van der Waals surface area (Å²) in [6, 6.07) is 10.9. The molecule has 0 aliphatic rings. The largest absolute Gasteiger partial charge is 0.300 e. The van der Waals surface area contributed by atoms with Crippen LogP contribution in [-0.2, 0) is 11.3 Å². The Balaban J connectivity index is 1.48. The third-order valence-corrected chi connectivity index (χ3v) is 4.44. The van der Waals surface area contributed by atoms with Crippen molar-refractivity contribution in [2.24, 2.45) is 0 Å². The van der Waals surface area contributed by atoms with E-state index < -0.39 is 11.6 Å². The zero-order chi connectivity index (χ0) is 18.1. The highest BCUT2D eigenvalue weighted by Crippen LogP contribution is 2.26. The number of fused-ring (bicyclic) bond motifs is 1. The van der Waals surface area contributed by atoms with E-state index in [1.54, 1.807) is 5.38 Å². The standard InChI is InChI=1S/C17H11F2N5OS/c18-11-6-5-10(7-12(11)19)14-9-26-17(20-14)21-16(25)8-24-15-4-2-1-3-13(15)22-23-24/h1-7,9H,8H2,(H,20,21,25). The Hall–Kier alpha value is -3.20. The van der Waals surface area contributed by atoms with Crippen LogP contribution >= 0.6 is 11.3 Å². The van der Waals surface area contributed by atoms with E-state index in [0.717, 1.165) is 17.6 Å². The van der Waals surface area contributed by atoms with E-state index >= 15 is 0 Å². The van der Waals surface area contributed by atoms with Gasteiger partial charge in [-0.1, -0.05) is 17.3 Å². The minimum absolute atomic E-state index is 0.0133. The molecule has 9 heteroatoms. The van der Waals surface area contributed by atoms with Crippen LogP contribution in [0, 0.1) is 11.6 Å². The first-order valence-electron chi connectivity index (χ1n) is 7.59. The normalized spacial score (nSPS) is 11.0. The highest BCUT2D eigenvalue weighted by atomic mass is 32.1. The summed E-state index contributed by atoms with van der Waals surface area (Å²) in [4.78, 5) is 16.5. The van der Waals surface area contributed by atoms with Crippen molar-refractivity contribution in [3.05, 3.63) is 59.5 Å². The second kappa shape index (κ2) is 6.60. The number of nitrogens with zero attached hydrogens (tertiary/aromatic N) is 4. The quantitative estimate of drug-likeness (QED) is 0.596. The van der Waals surface area contributed by atoms with Crippen LogP contribution in [0.25, 0.3) is 22.3 Å². The number of carbonyl (C=O) groups excluding carboxylic acids is 1. The van der Waals surface area contributed by atoms with E-state index in [9.17, 15) is 13.6 Å². The number of para-hydroxylation sites is 1. The third-order valence-electron chi connectivity index (χ3n) is 3.68. The number of benzene rings is 2. The van der Waals surface area contributed by atoms with Crippen molar-refractivity contribution in [2.75, 3.05) is 5.32 Å². The molecule has 0 spiro atoms. The van der Waals surface area contributed by atoms with Gasteiger partial charge in [-0.15, -0.1) is 16.4 Å². The zero-order valence-corrected chi connectivity index (χ0v) is 14.0. The van der Waals surface area contributed by atoms with E-state index in [4.69, 9.17) is 0 Å². The molecule has 130 valence electrons. The molecule has 2 aromatic heterocycles. The average Bonchev–Trinajstić information content (AvgIpc) is 3.25. The van der Waals surface area contributed by atoms with Crippen LogP contribution in [0.3, 0.4) is 0 Å². The number of rotatable bonds is 4. The van der Waals surface area contributed by atoms with Crippen LogP contribution < -0.4 is 5.32 Å². The fourth-order valence-electron chi connectivity index (χ4n) is 2.45. The monoisotopic (exact) mass is 371 g/mol. The first-order valence-corrected chi connectivity index (χ1v) is 8.47. The molecule has 1 N–H and O–H groups in total. The van der Waals surface area contributed by atoms with E-state index in [1.165, 1.54) is 22.1 Å². The summed E-state index contributed by atoms with van der Waals surface area (Å²) in [6.07, 6.45) is 0. The molecular weight excluding hydrogens is 360 g/mol. The summed E-state index contributed by atoms with van der Waals surface area (Å²) in [5, 5.41) is 12.6. The van der Waals surface area contributed by atoms with Gasteiger partial charge in [0.25, 0.3) is 0 Å². The van der Waals surface area contributed by atoms with Crippen molar-refractivity contribution >= 4 is 33.4 Å². The molecule has 0 unspecified atom stereocenters. The molecular formula is C17H11F2N5OS. The topological polar surface area (TPSA) is 72.7 Å². The molecule has 0 atom stereocenters. The smallest absolute Gasteiger partial charge is 0.247 e. The third kappa shape index (κ3) is 3.16. The second-order valence-electron chi connectivity index (χ2n) is 5.45. The minimum atomic E-state index is -0.945. The number of carbonyl (C=O) groups is 1. The minimum Gasteiger partial charge on any atom is -0.300 e. The lowest BCUT2D eigenvalue weighted by Crippen LogP contribution is -2.19. The summed E-state index contributed by atoms with van der Waals surface area (Å²) in [5.41, 5.74) is 2.35. The molecule has 0 bridgehead atoms. The Labute approximate surface area is 150 Å². The molecule has 0 saturated carbocycles. The summed E-state index contributed by atoms with van der Waals surface area (Å²) in [6.45, 7) is -0.0133. The number of thiazole rings is 1. The Bertz CT molecular complexity index is 1110. The Morgan fingerprint density at radius 2 is 2.00 bits per heavy atom. The number of aromatic nitrogens is 4. The van der Waals surface area contributed by atoms with Gasteiger partial charge < -0.3 is 5.32 Å². The molecule has 4 aromatic rings. The van der Waals surface area contributed by atoms with Gasteiger partial charge in [0, 0.05) is 10.9 Å². The molecule has 6 nitrogen and oxygen atoms in total. The van der Waals surface area contributed by atoms with E-state index in [2.05, 4.69) is 20.6 Å². The predicted molar refractivity (Wildman–Crippen MR) is 93.6 cm³/mol. The summed E-state index contributed by atoms with van der Waals surface area (Å²) < 4.78 is 27.9. The number of hydrogen-bond donors (Lipinski definition) is 1. The molecule has 1 amide bonds. The Kier molecular flexibility index (Phi) is 4.13. The maximum atomic E-state index is 13.3. The number of halogens is 2. The zero-order valence-electron chi connectivity index (χ0n) is 13.2. The fraction of sp³-hybridized carbons (Fsp3) is 0.0588. The fourth-order valence-corrected chi connectivity index (χ4v) is 3.18. The van der Waals surface area contributed by atoms with Crippen LogP contribution in [0.2, 0.25) is 0 Å². The van der Waals surface area contributed by atoms with E-state index in [-0.39, 0.29) is 12.5 Å². The summed E-state index contributed by atoms with van der Waals surface area (Å²) in [5.74, 6) is -2.18. The van der Waals surface area contributed by atoms with Crippen molar-refractivity contribution in [1.29, 1.82) is 0 Å². The number of amides is 1. The van der Waals surface area contributed by atoms with Gasteiger partial charge in [0.05, 0.1) is 11.2 Å². The lowest BCUT2D eigenvalue weighted by Gasteiger charge is -2.02. The Morgan fingerprint density at radius 3 is 2.85 bits per heavy atom. The van der Waals surface area contributed by atoms with E-state index in [0.29, 0.717) is 21.9 Å². The number of anilines is 1. The molecule has 0 radical (unpaired) electrons. The first-order chi connectivity index (χ1) is 12.6. The SMILES string of the molecule is O=C(Cn1nnc2ccccc21)Nc1nc(-c2ccc(F)c(F)c2)cs1. The van der Waals surface area contributed by atoms with Crippen LogP contribution in [0.1, 0.15) is 0 Å². The second-order valence-corrected chi connectivity index (χ2v) is 6.31. The molecule has 0 saturated heterocycles. The van der Waals surface area contributed by atoms with Gasteiger partial charge in [0.15, 0.2) is 16.8 Å². The average molecular weight is 371 g/mol. The van der Waals surface area contributed by atoms with Crippen molar-refractivity contribution in [1.82, 2.24) is 20.0 Å². The van der Waals surface area contributed by atoms with Crippen molar-refractivity contribution in [2.45, 2.75) is 6.54 Å². The molecule has 0 aliphatic carbocycles. The first kappa shape index (κ1) is 16.3. The maximum absolute atomic E-state index is 13.3. The van der Waals surface area contributed by atoms with Gasteiger partial charge >= 0.3 is 0 Å². The highest BCUT2D eigenvalue weighted by molar-refractivity contribution is 7.14. The maximum Gasteiger partial charge on any atom is 0.247 e. The van der Waals surface area contributed by atoms with Crippen LogP contribution in [-0.4, -0.2) is 25.9 Å². The molecule has 2 aromatic carbocycles. The molecule has 0 fully saturated rings. The van der Waals surface area contributed by atoms with Crippen molar-refractivity contribution in [3.8, 4) is 11.3 Å². The number of nitrogens with one attached hydrogen (secondary N) is 1. The van der Waals surface area contributed by atoms with Gasteiger partial charge in [-0.05, 0) is 30.3 Å². The lowest BCUT2D eigenvalue weighted by molar-refractivity contribution is -0.116.